The van der Waals surface area contributed by atoms with Crippen LogP contribution in [0, 0.1) is 5.82 Å². The lowest BCUT2D eigenvalue weighted by Gasteiger charge is -2.09. The summed E-state index contributed by atoms with van der Waals surface area (Å²) in [4.78, 5) is 0. The highest BCUT2D eigenvalue weighted by Gasteiger charge is 2.35. The van der Waals surface area contributed by atoms with Crippen LogP contribution in [0.1, 0.15) is 5.69 Å². The summed E-state index contributed by atoms with van der Waals surface area (Å²) < 4.78 is 62.8. The summed E-state index contributed by atoms with van der Waals surface area (Å²) >= 11 is 5.81. The molecular formula is C13H11ClF4N2O2. The van der Waals surface area contributed by atoms with Crippen molar-refractivity contribution >= 4 is 11.6 Å². The summed E-state index contributed by atoms with van der Waals surface area (Å²) in [6, 6.07) is 2.88. The Morgan fingerprint density at radius 3 is 2.50 bits per heavy atom. The molecule has 0 saturated carbocycles. The maximum absolute atomic E-state index is 14.0. The summed E-state index contributed by atoms with van der Waals surface area (Å²) in [5.41, 5.74) is -1.32. The summed E-state index contributed by atoms with van der Waals surface area (Å²) in [6.45, 7) is -0.138. The molecule has 0 aliphatic rings. The largest absolute Gasteiger partial charge is 0.466 e. The molecule has 9 heteroatoms. The van der Waals surface area contributed by atoms with Gasteiger partial charge in [0.2, 0.25) is 0 Å². The first-order valence-corrected chi connectivity index (χ1v) is 6.34. The maximum Gasteiger partial charge on any atom is 0.433 e. The zero-order chi connectivity index (χ0) is 16.5. The number of aromatic nitrogens is 2. The van der Waals surface area contributed by atoms with Gasteiger partial charge >= 0.3 is 6.18 Å². The van der Waals surface area contributed by atoms with E-state index in [-0.39, 0.29) is 28.8 Å². The topological polar surface area (TPSA) is 36.3 Å². The molecule has 0 fully saturated rings. The zero-order valence-corrected chi connectivity index (χ0v) is 12.3. The number of ether oxygens (including phenoxy) is 2. The van der Waals surface area contributed by atoms with Gasteiger partial charge in [-0.25, -0.2) is 4.39 Å². The molecule has 0 N–H and O–H groups in total. The lowest BCUT2D eigenvalue weighted by atomic mass is 10.1. The fourth-order valence-corrected chi connectivity index (χ4v) is 2.03. The third-order valence-electron chi connectivity index (χ3n) is 2.80. The average molecular weight is 339 g/mol. The third kappa shape index (κ3) is 3.33. The Morgan fingerprint density at radius 1 is 1.27 bits per heavy atom. The Hall–Kier alpha value is -1.80. The van der Waals surface area contributed by atoms with Crippen molar-refractivity contribution in [1.29, 1.82) is 0 Å². The van der Waals surface area contributed by atoms with E-state index in [4.69, 9.17) is 21.1 Å². The van der Waals surface area contributed by atoms with E-state index < -0.39 is 17.7 Å². The monoisotopic (exact) mass is 338 g/mol. The highest BCUT2D eigenvalue weighted by atomic mass is 35.5. The number of aryl methyl sites for hydroxylation is 1. The van der Waals surface area contributed by atoms with E-state index in [0.29, 0.717) is 4.68 Å². The van der Waals surface area contributed by atoms with Crippen molar-refractivity contribution in [3.8, 4) is 17.0 Å². The summed E-state index contributed by atoms with van der Waals surface area (Å²) in [6.07, 6.45) is -4.59. The van der Waals surface area contributed by atoms with E-state index in [1.807, 2.05) is 0 Å². The number of nitrogens with zero attached hydrogens (tertiary/aromatic N) is 2. The van der Waals surface area contributed by atoms with Gasteiger partial charge in [-0.3, -0.25) is 4.68 Å². The van der Waals surface area contributed by atoms with Crippen molar-refractivity contribution in [2.75, 3.05) is 13.9 Å². The predicted molar refractivity (Wildman–Crippen MR) is 71.1 cm³/mol. The predicted octanol–water partition coefficient (Wildman–Crippen LogP) is 3.88. The maximum atomic E-state index is 14.0. The first-order chi connectivity index (χ1) is 10.2. The van der Waals surface area contributed by atoms with Gasteiger partial charge in [0.25, 0.3) is 0 Å². The molecule has 0 aliphatic heterocycles. The van der Waals surface area contributed by atoms with Crippen LogP contribution in [0.2, 0.25) is 5.02 Å². The van der Waals surface area contributed by atoms with Crippen LogP contribution in [0.3, 0.4) is 0 Å². The minimum Gasteiger partial charge on any atom is -0.466 e. The van der Waals surface area contributed by atoms with E-state index in [0.717, 1.165) is 19.2 Å². The SMILES string of the molecule is COCOc1cc(-c2cc(C(F)(F)F)n(C)n2)c(F)cc1Cl. The van der Waals surface area contributed by atoms with Crippen LogP contribution in [0.25, 0.3) is 11.3 Å². The summed E-state index contributed by atoms with van der Waals surface area (Å²) in [5.74, 6) is -0.722. The number of alkyl halides is 3. The highest BCUT2D eigenvalue weighted by Crippen LogP contribution is 2.36. The van der Waals surface area contributed by atoms with Crippen molar-refractivity contribution in [2.45, 2.75) is 6.18 Å². The first-order valence-electron chi connectivity index (χ1n) is 5.96. The number of hydrogen-bond acceptors (Lipinski definition) is 3. The highest BCUT2D eigenvalue weighted by molar-refractivity contribution is 6.32. The lowest BCUT2D eigenvalue weighted by Crippen LogP contribution is -2.11. The van der Waals surface area contributed by atoms with Gasteiger partial charge in [-0.05, 0) is 18.2 Å². The van der Waals surface area contributed by atoms with Gasteiger partial charge in [-0.2, -0.15) is 18.3 Å². The molecule has 0 unspecified atom stereocenters. The molecule has 0 radical (unpaired) electrons. The quantitative estimate of drug-likeness (QED) is 0.627. The van der Waals surface area contributed by atoms with Crippen LogP contribution in [0.4, 0.5) is 17.6 Å². The number of benzene rings is 1. The Morgan fingerprint density at radius 2 is 1.95 bits per heavy atom. The van der Waals surface area contributed by atoms with E-state index in [1.165, 1.54) is 13.2 Å². The Balaban J connectivity index is 2.48. The van der Waals surface area contributed by atoms with Gasteiger partial charge < -0.3 is 9.47 Å². The van der Waals surface area contributed by atoms with E-state index in [9.17, 15) is 17.6 Å². The van der Waals surface area contributed by atoms with E-state index >= 15 is 0 Å². The normalized spacial score (nSPS) is 11.8. The Bertz CT molecular complexity index is 685. The molecule has 0 aliphatic carbocycles. The van der Waals surface area contributed by atoms with Crippen molar-refractivity contribution in [3.05, 3.63) is 34.7 Å². The van der Waals surface area contributed by atoms with Crippen LogP contribution in [0.15, 0.2) is 18.2 Å². The van der Waals surface area contributed by atoms with Gasteiger partial charge in [-0.15, -0.1) is 0 Å². The third-order valence-corrected chi connectivity index (χ3v) is 3.10. The van der Waals surface area contributed by atoms with Crippen molar-refractivity contribution in [2.24, 2.45) is 7.05 Å². The molecule has 0 spiro atoms. The van der Waals surface area contributed by atoms with Crippen molar-refractivity contribution in [1.82, 2.24) is 9.78 Å². The Kier molecular flexibility index (Phi) is 4.62. The minimum atomic E-state index is -4.59. The number of halogens is 5. The number of rotatable bonds is 4. The minimum absolute atomic E-state index is 0.0229. The summed E-state index contributed by atoms with van der Waals surface area (Å²) in [7, 11) is 2.51. The molecule has 22 heavy (non-hydrogen) atoms. The molecule has 0 amide bonds. The van der Waals surface area contributed by atoms with Gasteiger partial charge in [0.1, 0.15) is 17.3 Å². The molecule has 0 atom stereocenters. The van der Waals surface area contributed by atoms with E-state index in [1.54, 1.807) is 0 Å². The molecule has 2 aromatic rings. The molecule has 1 aromatic heterocycles. The molecule has 1 aromatic carbocycles. The standard InChI is InChI=1S/C13H11ClF4N2O2/c1-20-12(13(16,17)18)5-10(19-20)7-3-11(22-6-21-2)8(14)4-9(7)15/h3-5H,6H2,1-2H3. The van der Waals surface area contributed by atoms with Crippen molar-refractivity contribution in [3.63, 3.8) is 0 Å². The van der Waals surface area contributed by atoms with Crippen molar-refractivity contribution < 1.29 is 27.0 Å². The molecule has 120 valence electrons. The molecule has 4 nitrogen and oxygen atoms in total. The fraction of sp³-hybridized carbons (Fsp3) is 0.308. The van der Waals surface area contributed by atoms with Gasteiger partial charge in [0, 0.05) is 19.7 Å². The van der Waals surface area contributed by atoms with Gasteiger partial charge in [0.15, 0.2) is 6.79 Å². The lowest BCUT2D eigenvalue weighted by molar-refractivity contribution is -0.143. The Labute approximate surface area is 128 Å². The van der Waals surface area contributed by atoms with Crippen LogP contribution in [-0.2, 0) is 18.0 Å². The van der Waals surface area contributed by atoms with E-state index in [2.05, 4.69) is 5.10 Å². The molecule has 2 rings (SSSR count). The molecule has 0 bridgehead atoms. The van der Waals surface area contributed by atoms with Gasteiger partial charge in [0.05, 0.1) is 10.7 Å². The fourth-order valence-electron chi connectivity index (χ4n) is 1.82. The second-order valence-electron chi connectivity index (χ2n) is 4.35. The molecule has 1 heterocycles. The van der Waals surface area contributed by atoms with Crippen LogP contribution >= 0.6 is 11.6 Å². The zero-order valence-electron chi connectivity index (χ0n) is 11.5. The average Bonchev–Trinajstić information content (AvgIpc) is 2.79. The summed E-state index contributed by atoms with van der Waals surface area (Å²) in [5, 5.41) is 3.66. The first kappa shape index (κ1) is 16.6. The van der Waals surface area contributed by atoms with Crippen LogP contribution < -0.4 is 4.74 Å². The van der Waals surface area contributed by atoms with Gasteiger partial charge in [-0.1, -0.05) is 11.6 Å². The number of methoxy groups -OCH3 is 1. The molecular weight excluding hydrogens is 328 g/mol. The second kappa shape index (κ2) is 6.13. The second-order valence-corrected chi connectivity index (χ2v) is 4.76. The molecule has 0 saturated heterocycles. The van der Waals surface area contributed by atoms with Crippen LogP contribution in [-0.4, -0.2) is 23.7 Å². The number of hydrogen-bond donors (Lipinski definition) is 0. The van der Waals surface area contributed by atoms with Crippen LogP contribution in [0.5, 0.6) is 5.75 Å². The smallest absolute Gasteiger partial charge is 0.433 e.